The number of nitrogens with two attached hydrogens (primary N) is 1. The van der Waals surface area contributed by atoms with Gasteiger partial charge in [-0.05, 0) is 19.1 Å². The molecule has 9 heteroatoms. The van der Waals surface area contributed by atoms with Gasteiger partial charge in [-0.1, -0.05) is 0 Å². The highest BCUT2D eigenvalue weighted by Gasteiger charge is 2.10. The van der Waals surface area contributed by atoms with E-state index in [4.69, 9.17) is 15.4 Å². The monoisotopic (exact) mass is 292 g/mol. The summed E-state index contributed by atoms with van der Waals surface area (Å²) >= 11 is 0. The number of urea groups is 1. The summed E-state index contributed by atoms with van der Waals surface area (Å²) in [6.07, 6.45) is 0. The molecule has 2 aromatic rings. The Morgan fingerprint density at radius 2 is 2.19 bits per heavy atom. The van der Waals surface area contributed by atoms with Crippen molar-refractivity contribution in [2.24, 2.45) is 10.8 Å². The molecule has 1 unspecified atom stereocenters. The molecular weight excluding hydrogens is 280 g/mol. The third-order valence-electron chi connectivity index (χ3n) is 2.70. The Hall–Kier alpha value is -2.75. The summed E-state index contributed by atoms with van der Waals surface area (Å²) in [5.41, 5.74) is 6.82. The van der Waals surface area contributed by atoms with Crippen molar-refractivity contribution in [3.8, 4) is 0 Å². The summed E-state index contributed by atoms with van der Waals surface area (Å²) in [7, 11) is 0. The molecule has 0 spiro atoms. The van der Waals surface area contributed by atoms with Crippen LogP contribution in [0.5, 0.6) is 0 Å². The quantitative estimate of drug-likeness (QED) is 0.345. The number of hydrogen-bond acceptors (Lipinski definition) is 6. The van der Waals surface area contributed by atoms with Crippen LogP contribution in [0.1, 0.15) is 12.5 Å². The van der Waals surface area contributed by atoms with Gasteiger partial charge >= 0.3 is 11.7 Å². The van der Waals surface area contributed by atoms with E-state index in [0.717, 1.165) is 0 Å². The van der Waals surface area contributed by atoms with Crippen molar-refractivity contribution in [2.75, 3.05) is 0 Å². The van der Waals surface area contributed by atoms with Crippen LogP contribution in [0.2, 0.25) is 0 Å². The Kier molecular flexibility index (Phi) is 3.98. The first kappa shape index (κ1) is 14.7. The van der Waals surface area contributed by atoms with Crippen LogP contribution in [0.4, 0.5) is 10.5 Å². The van der Waals surface area contributed by atoms with Crippen LogP contribution >= 0.6 is 0 Å². The molecule has 2 amide bonds. The zero-order valence-corrected chi connectivity index (χ0v) is 10.9. The zero-order valence-electron chi connectivity index (χ0n) is 10.9. The van der Waals surface area contributed by atoms with Gasteiger partial charge in [-0.15, -0.1) is 0 Å². The van der Waals surface area contributed by atoms with E-state index in [1.165, 1.54) is 31.2 Å². The lowest BCUT2D eigenvalue weighted by Gasteiger charge is -2.11. The van der Waals surface area contributed by atoms with Crippen LogP contribution in [-0.4, -0.2) is 17.0 Å². The first-order valence-electron chi connectivity index (χ1n) is 5.80. The summed E-state index contributed by atoms with van der Waals surface area (Å²) in [6, 6.07) is 4.68. The number of nitrogens with one attached hydrogen (secondary N) is 2. The lowest BCUT2D eigenvalue weighted by atomic mass is 10.1. The average Bonchev–Trinajstić information content (AvgIpc) is 2.43. The van der Waals surface area contributed by atoms with Crippen molar-refractivity contribution in [3.63, 3.8) is 0 Å². The second-order valence-electron chi connectivity index (χ2n) is 4.18. The van der Waals surface area contributed by atoms with Crippen LogP contribution in [-0.2, 0) is 0 Å². The first-order chi connectivity index (χ1) is 9.88. The van der Waals surface area contributed by atoms with Crippen LogP contribution in [0.25, 0.3) is 11.0 Å². The van der Waals surface area contributed by atoms with Crippen LogP contribution in [0.3, 0.4) is 0 Å². The molecule has 1 aromatic carbocycles. The fourth-order valence-corrected chi connectivity index (χ4v) is 1.71. The molecule has 21 heavy (non-hydrogen) atoms. The average molecular weight is 292 g/mol. The van der Waals surface area contributed by atoms with Gasteiger partial charge in [0, 0.05) is 17.5 Å². The van der Waals surface area contributed by atoms with Gasteiger partial charge in [0.1, 0.15) is 5.58 Å². The summed E-state index contributed by atoms with van der Waals surface area (Å²) in [5.74, 6) is 0. The van der Waals surface area contributed by atoms with Crippen molar-refractivity contribution >= 4 is 28.4 Å². The van der Waals surface area contributed by atoms with Crippen LogP contribution in [0, 0.1) is 5.21 Å². The van der Waals surface area contributed by atoms with E-state index in [1.807, 2.05) is 5.43 Å². The lowest BCUT2D eigenvalue weighted by molar-refractivity contribution is -0.991. The third-order valence-corrected chi connectivity index (χ3v) is 2.70. The van der Waals surface area contributed by atoms with Gasteiger partial charge in [-0.2, -0.15) is 10.3 Å². The Labute approximate surface area is 117 Å². The van der Waals surface area contributed by atoms with Crippen molar-refractivity contribution in [1.29, 1.82) is 0 Å². The second kappa shape index (κ2) is 5.71. The minimum Gasteiger partial charge on any atom is -0.595 e. The number of primary amides is 1. The summed E-state index contributed by atoms with van der Waals surface area (Å²) in [6.45, 7) is 1.48. The number of hydrazone groups is 1. The highest BCUT2D eigenvalue weighted by molar-refractivity contribution is 6.01. The number of carbonyl (C=O) groups is 1. The van der Waals surface area contributed by atoms with Crippen molar-refractivity contribution in [3.05, 3.63) is 45.5 Å². The van der Waals surface area contributed by atoms with E-state index >= 15 is 0 Å². The highest BCUT2D eigenvalue weighted by Crippen LogP contribution is 2.17. The minimum atomic E-state index is -1.09. The fraction of sp³-hybridized carbons (Fsp3) is 0.0833. The number of fused-ring (bicyclic) bond motifs is 1. The van der Waals surface area contributed by atoms with Gasteiger partial charge in [-0.3, -0.25) is 0 Å². The predicted octanol–water partition coefficient (Wildman–Crippen LogP) is -0.411. The Morgan fingerprint density at radius 1 is 1.48 bits per heavy atom. The van der Waals surface area contributed by atoms with E-state index in [1.54, 1.807) is 0 Å². The number of benzene rings is 1. The molecule has 0 saturated heterocycles. The number of nitrogens with zero attached hydrogens (tertiary/aromatic N) is 1. The van der Waals surface area contributed by atoms with Gasteiger partial charge in [0.2, 0.25) is 0 Å². The van der Waals surface area contributed by atoms with Crippen LogP contribution < -0.4 is 22.0 Å². The Bertz CT molecular complexity index is 781. The molecular formula is C12H12N4O5. The van der Waals surface area contributed by atoms with E-state index in [0.29, 0.717) is 5.39 Å². The van der Waals surface area contributed by atoms with Crippen LogP contribution in [0.15, 0.2) is 38.6 Å². The largest absolute Gasteiger partial charge is 0.595 e. The van der Waals surface area contributed by atoms with Gasteiger partial charge < -0.3 is 15.4 Å². The molecule has 1 atom stereocenters. The molecule has 0 aliphatic heterocycles. The third kappa shape index (κ3) is 3.23. The Morgan fingerprint density at radius 3 is 2.81 bits per heavy atom. The normalized spacial score (nSPS) is 13.2. The molecule has 0 saturated carbocycles. The summed E-state index contributed by atoms with van der Waals surface area (Å²) in [4.78, 5) is 22.4. The van der Waals surface area contributed by atoms with Crippen molar-refractivity contribution in [2.45, 2.75) is 6.92 Å². The standard InChI is InChI=1S/C12H12N4O5/c1-6(14-15-12(13)18)9-5-7-4-8(16(19)20)2-3-10(7)21-11(9)17/h2-5,16,19H,1H3,(H3,13,15,18)/b14-6-. The maximum Gasteiger partial charge on any atom is 0.345 e. The molecule has 1 aromatic heterocycles. The minimum absolute atomic E-state index is 0.0622. The van der Waals surface area contributed by atoms with Gasteiger partial charge in [-0.25, -0.2) is 20.2 Å². The van der Waals surface area contributed by atoms with Gasteiger partial charge in [0.25, 0.3) is 0 Å². The molecule has 0 aliphatic rings. The smallest absolute Gasteiger partial charge is 0.345 e. The number of hydrogen-bond donors (Lipinski definition) is 4. The summed E-state index contributed by atoms with van der Waals surface area (Å²) in [5, 5.41) is 22.8. The molecule has 0 aliphatic carbocycles. The molecule has 2 rings (SSSR count). The maximum absolute atomic E-state index is 11.8. The zero-order chi connectivity index (χ0) is 15.6. The first-order valence-corrected chi connectivity index (χ1v) is 5.80. The number of rotatable bonds is 3. The number of carbonyl (C=O) groups excluding carboxylic acids is 1. The van der Waals surface area contributed by atoms with Gasteiger partial charge in [0.05, 0.1) is 11.3 Å². The topological polar surface area (TPSA) is 145 Å². The molecule has 0 fully saturated rings. The predicted molar refractivity (Wildman–Crippen MR) is 73.2 cm³/mol. The van der Waals surface area contributed by atoms with Crippen molar-refractivity contribution < 1.29 is 19.6 Å². The molecule has 5 N–H and O–H groups in total. The van der Waals surface area contributed by atoms with E-state index in [2.05, 4.69) is 5.10 Å². The SMILES string of the molecule is C/C(=N/NC(N)=O)c1cc2cc([NH+]([O-])O)ccc2oc1=O. The lowest BCUT2D eigenvalue weighted by Crippen LogP contribution is -2.99. The van der Waals surface area contributed by atoms with Gasteiger partial charge in [0.15, 0.2) is 5.69 Å². The number of quaternary nitrogens is 1. The molecule has 110 valence electrons. The Balaban J connectivity index is 2.54. The fourth-order valence-electron chi connectivity index (χ4n) is 1.71. The molecule has 0 radical (unpaired) electrons. The molecule has 0 bridgehead atoms. The van der Waals surface area contributed by atoms with E-state index in [-0.39, 0.29) is 22.5 Å². The van der Waals surface area contributed by atoms with E-state index in [9.17, 15) is 14.8 Å². The van der Waals surface area contributed by atoms with Crippen molar-refractivity contribution in [1.82, 2.24) is 5.43 Å². The van der Waals surface area contributed by atoms with E-state index < -0.39 is 16.9 Å². The maximum atomic E-state index is 11.8. The second-order valence-corrected chi connectivity index (χ2v) is 4.18. The highest BCUT2D eigenvalue weighted by atomic mass is 16.8. The summed E-state index contributed by atoms with van der Waals surface area (Å²) < 4.78 is 5.08. The molecule has 1 heterocycles. The number of amides is 2. The molecule has 9 nitrogen and oxygen atoms in total.